The van der Waals surface area contributed by atoms with E-state index in [1.807, 2.05) is 0 Å². The van der Waals surface area contributed by atoms with Crippen molar-refractivity contribution in [1.29, 1.82) is 0 Å². The minimum Gasteiger partial charge on any atom is -0.330 e. The van der Waals surface area contributed by atoms with E-state index in [-0.39, 0.29) is 0 Å². The molecule has 2 bridgehead atoms. The lowest BCUT2D eigenvalue weighted by Crippen LogP contribution is -2.72. The largest absolute Gasteiger partial charge is 0.491 e. The summed E-state index contributed by atoms with van der Waals surface area (Å²) in [6.07, 6.45) is -5.14. The van der Waals surface area contributed by atoms with E-state index >= 15 is 0 Å². The summed E-state index contributed by atoms with van der Waals surface area (Å²) in [5, 5.41) is 26.4. The minimum absolute atomic E-state index is 1.55. The quantitative estimate of drug-likeness (QED) is 0.287. The summed E-state index contributed by atoms with van der Waals surface area (Å²) < 4.78 is 23.4. The van der Waals surface area contributed by atoms with Crippen LogP contribution in [0.15, 0.2) is 0 Å². The van der Waals surface area contributed by atoms with Gasteiger partial charge in [-0.3, -0.25) is 0 Å². The summed E-state index contributed by atoms with van der Waals surface area (Å²) in [5.74, 6) is 0. The first-order valence-electron chi connectivity index (χ1n) is 2.51. The predicted molar refractivity (Wildman–Crippen MR) is 26.1 cm³/mol. The van der Waals surface area contributed by atoms with Crippen molar-refractivity contribution < 1.29 is 33.5 Å². The molecule has 0 saturated carbocycles. The average molecular weight is 185 g/mol. The fourth-order valence-corrected chi connectivity index (χ4v) is 1.80. The second-order valence-corrected chi connectivity index (χ2v) is 3.48. The Kier molecular flexibility index (Phi) is 1.14. The summed E-state index contributed by atoms with van der Waals surface area (Å²) in [7, 11) is -3.37. The van der Waals surface area contributed by atoms with Gasteiger partial charge >= 0.3 is 20.0 Å². The van der Waals surface area contributed by atoms with Crippen LogP contribution in [-0.4, -0.2) is 27.5 Å². The van der Waals surface area contributed by atoms with Crippen molar-refractivity contribution in [2.24, 2.45) is 0 Å². The Morgan fingerprint density at radius 3 is 2.00 bits per heavy atom. The third-order valence-corrected chi connectivity index (χ3v) is 2.41. The normalized spacial score (nSPS) is 47.9. The minimum atomic E-state index is -3.37. The Labute approximate surface area is 59.9 Å². The molecule has 8 nitrogen and oxygen atoms in total. The molecule has 3 saturated heterocycles. The Morgan fingerprint density at radius 2 is 1.73 bits per heavy atom. The molecular weight excluding hydrogens is 181 g/mol. The van der Waals surface area contributed by atoms with Gasteiger partial charge in [-0.2, -0.15) is 5.32 Å². The molecule has 9 heteroatoms. The number of aliphatic hydroxyl groups is 3. The van der Waals surface area contributed by atoms with E-state index in [0.717, 1.165) is 0 Å². The van der Waals surface area contributed by atoms with Crippen LogP contribution in [0.4, 0.5) is 0 Å². The lowest BCUT2D eigenvalue weighted by Gasteiger charge is -2.55. The molecule has 3 rings (SSSR count). The third kappa shape index (κ3) is 1.10. The Bertz CT molecular complexity index is 217. The van der Waals surface area contributed by atoms with E-state index in [1.54, 1.807) is 5.32 Å². The van der Waals surface area contributed by atoms with E-state index in [1.165, 1.54) is 0 Å². The summed E-state index contributed by atoms with van der Waals surface area (Å²) in [6.45, 7) is 0. The maximum absolute atomic E-state index is 10.5. The molecule has 0 aromatic rings. The molecule has 3 fully saturated rings. The van der Waals surface area contributed by atoms with Crippen LogP contribution in [-0.2, 0) is 18.1 Å². The first kappa shape index (κ1) is 7.59. The number of phosphoric ester groups is 1. The Morgan fingerprint density at radius 1 is 1.27 bits per heavy atom. The third-order valence-electron chi connectivity index (χ3n) is 1.02. The molecule has 0 spiro atoms. The van der Waals surface area contributed by atoms with Crippen molar-refractivity contribution in [2.45, 2.75) is 12.2 Å². The maximum Gasteiger partial charge on any atom is 0.491 e. The van der Waals surface area contributed by atoms with Gasteiger partial charge in [-0.1, -0.05) is 0 Å². The predicted octanol–water partition coefficient (Wildman–Crippen LogP) is -2.04. The number of nitrogens with one attached hydrogen (secondary N) is 1. The van der Waals surface area contributed by atoms with Crippen LogP contribution in [0.2, 0.25) is 0 Å². The van der Waals surface area contributed by atoms with Crippen molar-refractivity contribution in [3.05, 3.63) is 0 Å². The zero-order valence-electron chi connectivity index (χ0n) is 4.92. The molecule has 11 heavy (non-hydrogen) atoms. The van der Waals surface area contributed by atoms with Gasteiger partial charge in [0.2, 0.25) is 0 Å². The molecule has 0 aliphatic carbocycles. The van der Waals surface area contributed by atoms with Crippen molar-refractivity contribution in [3.63, 3.8) is 0 Å². The number of hydrogen-bond acceptors (Lipinski definition) is 8. The van der Waals surface area contributed by atoms with Gasteiger partial charge in [0.15, 0.2) is 0 Å². The van der Waals surface area contributed by atoms with Crippen molar-refractivity contribution in [3.8, 4) is 0 Å². The van der Waals surface area contributed by atoms with Gasteiger partial charge in [-0.05, 0) is 0 Å². The van der Waals surface area contributed by atoms with Gasteiger partial charge in [-0.15, -0.1) is 0 Å². The lowest BCUT2D eigenvalue weighted by atomic mass is 10.8. The van der Waals surface area contributed by atoms with E-state index in [0.29, 0.717) is 0 Å². The van der Waals surface area contributed by atoms with E-state index in [9.17, 15) is 4.57 Å². The molecule has 0 atom stereocenters. The Balaban J connectivity index is 1.96. The lowest BCUT2D eigenvalue weighted by molar-refractivity contribution is -0.492. The molecule has 3 aliphatic rings. The van der Waals surface area contributed by atoms with Crippen LogP contribution in [0, 0.1) is 0 Å². The highest BCUT2D eigenvalue weighted by Crippen LogP contribution is 2.78. The number of hydrogen-bond donors (Lipinski definition) is 4. The second-order valence-electron chi connectivity index (χ2n) is 2.04. The van der Waals surface area contributed by atoms with E-state index < -0.39 is 20.0 Å². The van der Waals surface area contributed by atoms with Crippen LogP contribution in [0.5, 0.6) is 0 Å². The molecule has 3 heterocycles. The topological polar surface area (TPSA) is 117 Å². The molecule has 0 radical (unpaired) electrons. The second kappa shape index (κ2) is 1.65. The monoisotopic (exact) mass is 185 g/mol. The summed E-state index contributed by atoms with van der Waals surface area (Å²) in [5.41, 5.74) is 0. The Hall–Kier alpha value is -0.0500. The maximum atomic E-state index is 10.5. The van der Waals surface area contributed by atoms with Crippen LogP contribution in [0.3, 0.4) is 0 Å². The number of rotatable bonds is 2. The molecule has 64 valence electrons. The van der Waals surface area contributed by atoms with Gasteiger partial charge in [0.1, 0.15) is 0 Å². The SMILES string of the molecule is O=P12OC(NC(O)(O)O)(O1)O2. The molecule has 0 unspecified atom stereocenters. The molecule has 3 aliphatic heterocycles. The smallest absolute Gasteiger partial charge is 0.330 e. The highest BCUT2D eigenvalue weighted by atomic mass is 31.2. The average Bonchev–Trinajstić information content (AvgIpc) is 1.53. The molecular formula is C2H4NO7P. The van der Waals surface area contributed by atoms with Crippen LogP contribution in [0.1, 0.15) is 0 Å². The molecule has 4 N–H and O–H groups in total. The van der Waals surface area contributed by atoms with Crippen molar-refractivity contribution >= 4 is 7.82 Å². The zero-order chi connectivity index (χ0) is 8.33. The van der Waals surface area contributed by atoms with E-state index in [2.05, 4.69) is 13.6 Å². The fraction of sp³-hybridized carbons (Fsp3) is 1.00. The van der Waals surface area contributed by atoms with Crippen LogP contribution in [0.25, 0.3) is 0 Å². The molecule has 0 aromatic carbocycles. The summed E-state index contributed by atoms with van der Waals surface area (Å²) in [6, 6.07) is 0. The molecule has 0 amide bonds. The highest BCUT2D eigenvalue weighted by molar-refractivity contribution is 7.51. The van der Waals surface area contributed by atoms with E-state index in [4.69, 9.17) is 15.3 Å². The van der Waals surface area contributed by atoms with Crippen molar-refractivity contribution in [2.75, 3.05) is 0 Å². The van der Waals surface area contributed by atoms with Gasteiger partial charge in [0.05, 0.1) is 0 Å². The van der Waals surface area contributed by atoms with Gasteiger partial charge in [0.25, 0.3) is 0 Å². The standard InChI is InChI=1S/C2H4NO7P/c4-1(5,6)3-2-8-11(7,9-2)10-2/h3-6H. The van der Waals surface area contributed by atoms with Crippen LogP contribution >= 0.6 is 7.82 Å². The van der Waals surface area contributed by atoms with Gasteiger partial charge < -0.3 is 15.3 Å². The highest BCUT2D eigenvalue weighted by Gasteiger charge is 2.77. The zero-order valence-corrected chi connectivity index (χ0v) is 5.82. The summed E-state index contributed by atoms with van der Waals surface area (Å²) in [4.78, 5) is 0. The fourth-order valence-electron chi connectivity index (χ4n) is 0.736. The summed E-state index contributed by atoms with van der Waals surface area (Å²) >= 11 is 0. The van der Waals surface area contributed by atoms with Gasteiger partial charge in [-0.25, -0.2) is 18.1 Å². The van der Waals surface area contributed by atoms with Crippen LogP contribution < -0.4 is 5.32 Å². The first-order valence-corrected chi connectivity index (χ1v) is 3.97. The number of phosphoric acid groups is 1. The molecule has 0 aromatic heterocycles. The first-order chi connectivity index (χ1) is 4.83. The van der Waals surface area contributed by atoms with Gasteiger partial charge in [0, 0.05) is 0 Å². The van der Waals surface area contributed by atoms with Crippen molar-refractivity contribution in [1.82, 2.24) is 5.32 Å².